The van der Waals surface area contributed by atoms with Crippen LogP contribution >= 0.6 is 0 Å². The smallest absolute Gasteiger partial charge is 0.161 e. The molecule has 0 aliphatic carbocycles. The van der Waals surface area contributed by atoms with Gasteiger partial charge in [0.25, 0.3) is 0 Å². The Labute approximate surface area is 182 Å². The van der Waals surface area contributed by atoms with Crippen molar-refractivity contribution < 1.29 is 0 Å². The van der Waals surface area contributed by atoms with Gasteiger partial charge in [0.15, 0.2) is 5.65 Å². The fourth-order valence-electron chi connectivity index (χ4n) is 5.01. The molecule has 1 saturated heterocycles. The number of hydrogen-bond acceptors (Lipinski definition) is 3. The van der Waals surface area contributed by atoms with Gasteiger partial charge in [-0.1, -0.05) is 60.7 Å². The van der Waals surface area contributed by atoms with Crippen LogP contribution in [0.2, 0.25) is 0 Å². The number of para-hydroxylation sites is 3. The summed E-state index contributed by atoms with van der Waals surface area (Å²) in [7, 11) is 0. The summed E-state index contributed by atoms with van der Waals surface area (Å²) >= 11 is 0. The van der Waals surface area contributed by atoms with Gasteiger partial charge in [-0.25, -0.2) is 9.97 Å². The summed E-state index contributed by atoms with van der Waals surface area (Å²) in [6, 6.07) is 27.7. The summed E-state index contributed by atoms with van der Waals surface area (Å²) < 4.78 is 2.36. The first-order valence-electron chi connectivity index (χ1n) is 11.3. The molecule has 4 heteroatoms. The number of hydrogen-bond donors (Lipinski definition) is 0. The Morgan fingerprint density at radius 2 is 1.42 bits per heavy atom. The van der Waals surface area contributed by atoms with E-state index in [0.29, 0.717) is 0 Å². The van der Waals surface area contributed by atoms with Crippen molar-refractivity contribution in [3.63, 3.8) is 0 Å². The van der Waals surface area contributed by atoms with E-state index in [1.807, 2.05) is 18.2 Å². The zero-order chi connectivity index (χ0) is 20.6. The van der Waals surface area contributed by atoms with E-state index in [1.54, 1.807) is 0 Å². The van der Waals surface area contributed by atoms with E-state index in [9.17, 15) is 0 Å². The first-order chi connectivity index (χ1) is 15.3. The summed E-state index contributed by atoms with van der Waals surface area (Å²) in [4.78, 5) is 12.6. The minimum absolute atomic E-state index is 0.778. The van der Waals surface area contributed by atoms with Crippen molar-refractivity contribution in [2.45, 2.75) is 25.9 Å². The van der Waals surface area contributed by atoms with Gasteiger partial charge in [-0.2, -0.15) is 0 Å². The van der Waals surface area contributed by atoms with Gasteiger partial charge in [-0.3, -0.25) is 4.90 Å². The molecule has 0 radical (unpaired) electrons. The van der Waals surface area contributed by atoms with Crippen LogP contribution in [-0.2, 0) is 13.1 Å². The number of rotatable bonds is 4. The van der Waals surface area contributed by atoms with Crippen molar-refractivity contribution >= 4 is 33.1 Å². The van der Waals surface area contributed by atoms with E-state index in [4.69, 9.17) is 9.97 Å². The second kappa shape index (κ2) is 7.78. The van der Waals surface area contributed by atoms with Crippen LogP contribution in [0.1, 0.15) is 18.4 Å². The fourth-order valence-corrected chi connectivity index (χ4v) is 5.01. The van der Waals surface area contributed by atoms with Crippen molar-refractivity contribution in [1.29, 1.82) is 0 Å². The van der Waals surface area contributed by atoms with Crippen LogP contribution in [0.5, 0.6) is 0 Å². The molecule has 0 amide bonds. The molecule has 31 heavy (non-hydrogen) atoms. The molecule has 1 aliphatic rings. The average Bonchev–Trinajstić information content (AvgIpc) is 3.12. The van der Waals surface area contributed by atoms with Crippen molar-refractivity contribution in [2.75, 3.05) is 13.1 Å². The molecule has 5 aromatic rings. The molecule has 4 nitrogen and oxygen atoms in total. The van der Waals surface area contributed by atoms with E-state index in [-0.39, 0.29) is 0 Å². The molecule has 2 aromatic heterocycles. The van der Waals surface area contributed by atoms with Gasteiger partial charge < -0.3 is 4.57 Å². The predicted octanol–water partition coefficient (Wildman–Crippen LogP) is 5.65. The number of benzene rings is 3. The maximum absolute atomic E-state index is 5.02. The molecule has 3 aromatic carbocycles. The van der Waals surface area contributed by atoms with E-state index in [0.717, 1.165) is 47.9 Å². The van der Waals surface area contributed by atoms with Gasteiger partial charge in [0, 0.05) is 18.5 Å². The van der Waals surface area contributed by atoms with E-state index in [2.05, 4.69) is 70.1 Å². The lowest BCUT2D eigenvalue weighted by atomic mass is 9.90. The van der Waals surface area contributed by atoms with Gasteiger partial charge in [0.2, 0.25) is 0 Å². The third-order valence-corrected chi connectivity index (χ3v) is 6.67. The molecule has 0 atom stereocenters. The largest absolute Gasteiger partial charge is 0.310 e. The monoisotopic (exact) mass is 406 g/mol. The van der Waals surface area contributed by atoms with Gasteiger partial charge in [0.1, 0.15) is 5.52 Å². The highest BCUT2D eigenvalue weighted by molar-refractivity contribution is 6.06. The summed E-state index contributed by atoms with van der Waals surface area (Å²) in [6.07, 6.45) is 3.70. The van der Waals surface area contributed by atoms with Crippen LogP contribution in [-0.4, -0.2) is 32.5 Å². The molecule has 0 N–H and O–H groups in total. The molecule has 6 rings (SSSR count). The lowest BCUT2D eigenvalue weighted by Gasteiger charge is -2.32. The molecule has 154 valence electrons. The SMILES string of the molecule is c1ccc(CC2CCN(Cn3c4ccccc4c4nc5ccccc5nc43)CC2)cc1. The number of aromatic nitrogens is 3. The van der Waals surface area contributed by atoms with Crippen LogP contribution in [0.4, 0.5) is 0 Å². The Hall–Kier alpha value is -3.24. The van der Waals surface area contributed by atoms with Crippen LogP contribution in [0.15, 0.2) is 78.9 Å². The quantitative estimate of drug-likeness (QED) is 0.387. The number of piperidine rings is 1. The van der Waals surface area contributed by atoms with Gasteiger partial charge in [0.05, 0.1) is 23.2 Å². The fraction of sp³-hybridized carbons (Fsp3) is 0.259. The maximum Gasteiger partial charge on any atom is 0.161 e. The van der Waals surface area contributed by atoms with Crippen molar-refractivity contribution in [3.8, 4) is 0 Å². The minimum atomic E-state index is 0.778. The molecule has 3 heterocycles. The second-order valence-corrected chi connectivity index (χ2v) is 8.72. The normalized spacial score (nSPS) is 15.9. The molecule has 0 saturated carbocycles. The first-order valence-corrected chi connectivity index (χ1v) is 11.3. The molecular weight excluding hydrogens is 380 g/mol. The van der Waals surface area contributed by atoms with Crippen LogP contribution in [0.3, 0.4) is 0 Å². The van der Waals surface area contributed by atoms with Gasteiger partial charge >= 0.3 is 0 Å². The maximum atomic E-state index is 5.02. The third kappa shape index (κ3) is 3.47. The first kappa shape index (κ1) is 18.5. The highest BCUT2D eigenvalue weighted by Gasteiger charge is 2.22. The summed E-state index contributed by atoms with van der Waals surface area (Å²) in [5.41, 5.74) is 6.60. The summed E-state index contributed by atoms with van der Waals surface area (Å²) in [6.45, 7) is 3.13. The zero-order valence-corrected chi connectivity index (χ0v) is 17.6. The van der Waals surface area contributed by atoms with Gasteiger partial charge in [-0.15, -0.1) is 0 Å². The van der Waals surface area contributed by atoms with Crippen molar-refractivity contribution in [3.05, 3.63) is 84.4 Å². The molecule has 0 spiro atoms. The Bertz CT molecular complexity index is 1350. The average molecular weight is 407 g/mol. The molecule has 1 fully saturated rings. The van der Waals surface area contributed by atoms with Crippen molar-refractivity contribution in [1.82, 2.24) is 19.4 Å². The Morgan fingerprint density at radius 3 is 2.23 bits per heavy atom. The third-order valence-electron chi connectivity index (χ3n) is 6.67. The van der Waals surface area contributed by atoms with Crippen LogP contribution in [0.25, 0.3) is 33.1 Å². The predicted molar refractivity (Wildman–Crippen MR) is 127 cm³/mol. The molecular formula is C27H26N4. The van der Waals surface area contributed by atoms with Crippen LogP contribution in [0, 0.1) is 5.92 Å². The topological polar surface area (TPSA) is 34.0 Å². The number of fused-ring (bicyclic) bond motifs is 4. The Kier molecular flexibility index (Phi) is 4.65. The molecule has 1 aliphatic heterocycles. The minimum Gasteiger partial charge on any atom is -0.310 e. The summed E-state index contributed by atoms with van der Waals surface area (Å²) in [5.74, 6) is 0.778. The number of nitrogens with zero attached hydrogens (tertiary/aromatic N) is 4. The van der Waals surface area contributed by atoms with E-state index < -0.39 is 0 Å². The lowest BCUT2D eigenvalue weighted by molar-refractivity contribution is 0.151. The Balaban J connectivity index is 1.29. The standard InChI is InChI=1S/C27H26N4/c1-2-8-20(9-3-1)18-21-14-16-30(17-15-21)19-31-25-13-7-4-10-22(25)26-27(31)29-24-12-6-5-11-23(24)28-26/h1-13,21H,14-19H2. The summed E-state index contributed by atoms with van der Waals surface area (Å²) in [5, 5.41) is 1.19. The molecule has 0 bridgehead atoms. The molecule has 0 unspecified atom stereocenters. The second-order valence-electron chi connectivity index (χ2n) is 8.72. The number of likely N-dealkylation sites (tertiary alicyclic amines) is 1. The Morgan fingerprint density at radius 1 is 0.742 bits per heavy atom. The van der Waals surface area contributed by atoms with Crippen LogP contribution < -0.4 is 0 Å². The lowest BCUT2D eigenvalue weighted by Crippen LogP contribution is -2.35. The van der Waals surface area contributed by atoms with E-state index >= 15 is 0 Å². The zero-order valence-electron chi connectivity index (χ0n) is 17.6. The highest BCUT2D eigenvalue weighted by atomic mass is 15.3. The van der Waals surface area contributed by atoms with Gasteiger partial charge in [-0.05, 0) is 48.9 Å². The van der Waals surface area contributed by atoms with E-state index in [1.165, 1.54) is 35.7 Å². The van der Waals surface area contributed by atoms with Crippen molar-refractivity contribution in [2.24, 2.45) is 5.92 Å². The highest BCUT2D eigenvalue weighted by Crippen LogP contribution is 2.29.